The van der Waals surface area contributed by atoms with Crippen LogP contribution in [0.15, 0.2) is 48.5 Å². The maximum Gasteiger partial charge on any atom is 0.0553 e. The van der Waals surface area contributed by atoms with E-state index in [-0.39, 0.29) is 0 Å². The zero-order chi connectivity index (χ0) is 12.5. The van der Waals surface area contributed by atoms with Crippen molar-refractivity contribution in [2.24, 2.45) is 5.84 Å². The highest BCUT2D eigenvalue weighted by atomic mass is 15.4. The zero-order valence-corrected chi connectivity index (χ0v) is 10.6. The lowest BCUT2D eigenvalue weighted by Crippen LogP contribution is -2.39. The summed E-state index contributed by atoms with van der Waals surface area (Å²) in [6.45, 7) is 2.13. The molecule has 18 heavy (non-hydrogen) atoms. The lowest BCUT2D eigenvalue weighted by Gasteiger charge is -2.22. The molecule has 1 aliphatic heterocycles. The summed E-state index contributed by atoms with van der Waals surface area (Å²) in [7, 11) is 0. The maximum absolute atomic E-state index is 6.22. The minimum Gasteiger partial charge on any atom is -0.307 e. The second kappa shape index (κ2) is 4.46. The van der Waals surface area contributed by atoms with Crippen molar-refractivity contribution in [3.05, 3.63) is 65.2 Å². The predicted octanol–water partition coefficient (Wildman–Crippen LogP) is 2.84. The van der Waals surface area contributed by atoms with Crippen LogP contribution in [0.4, 0.5) is 5.69 Å². The van der Waals surface area contributed by atoms with Gasteiger partial charge >= 0.3 is 0 Å². The van der Waals surface area contributed by atoms with Gasteiger partial charge in [-0.2, -0.15) is 0 Å². The molecule has 0 radical (unpaired) electrons. The molecule has 0 amide bonds. The first kappa shape index (κ1) is 11.3. The minimum absolute atomic E-state index is 0.379. The van der Waals surface area contributed by atoms with Crippen molar-refractivity contribution in [3.8, 4) is 0 Å². The summed E-state index contributed by atoms with van der Waals surface area (Å²) in [5.74, 6) is 6.22. The lowest BCUT2D eigenvalue weighted by atomic mass is 10.0. The molecule has 0 aliphatic carbocycles. The van der Waals surface area contributed by atoms with Crippen LogP contribution < -0.4 is 10.9 Å². The third kappa shape index (κ3) is 2.00. The van der Waals surface area contributed by atoms with E-state index in [4.69, 9.17) is 5.84 Å². The number of hydrogen-bond acceptors (Lipinski definition) is 2. The molecule has 2 heteroatoms. The van der Waals surface area contributed by atoms with Gasteiger partial charge in [0.1, 0.15) is 0 Å². The Balaban J connectivity index is 1.82. The zero-order valence-electron chi connectivity index (χ0n) is 10.6. The number of hydrazine groups is 1. The Labute approximate surface area is 108 Å². The molecule has 2 nitrogen and oxygen atoms in total. The Kier molecular flexibility index (Phi) is 2.80. The van der Waals surface area contributed by atoms with Gasteiger partial charge in [0.25, 0.3) is 0 Å². The molecule has 3 rings (SSSR count). The Morgan fingerprint density at radius 1 is 1.17 bits per heavy atom. The standard InChI is InChI=1S/C16H18N2/c1-12-7-8-16-14(9-12)11-15(18(16)17)10-13-5-3-2-4-6-13/h2-9,15H,10-11,17H2,1H3. The number of anilines is 1. The summed E-state index contributed by atoms with van der Waals surface area (Å²) >= 11 is 0. The molecule has 0 bridgehead atoms. The Morgan fingerprint density at radius 3 is 2.72 bits per heavy atom. The van der Waals surface area contributed by atoms with Gasteiger partial charge in [0.2, 0.25) is 0 Å². The monoisotopic (exact) mass is 238 g/mol. The number of benzene rings is 2. The first-order chi connectivity index (χ1) is 8.74. The fourth-order valence-corrected chi connectivity index (χ4v) is 2.74. The van der Waals surface area contributed by atoms with Crippen LogP contribution in [0, 0.1) is 6.92 Å². The number of aryl methyl sites for hydroxylation is 1. The summed E-state index contributed by atoms with van der Waals surface area (Å²) in [4.78, 5) is 0. The van der Waals surface area contributed by atoms with Gasteiger partial charge in [-0.05, 0) is 37.0 Å². The van der Waals surface area contributed by atoms with Crippen LogP contribution in [0.2, 0.25) is 0 Å². The van der Waals surface area contributed by atoms with E-state index in [1.54, 1.807) is 0 Å². The highest BCUT2D eigenvalue weighted by Crippen LogP contribution is 2.31. The minimum atomic E-state index is 0.379. The highest BCUT2D eigenvalue weighted by molar-refractivity contribution is 5.59. The molecule has 2 aromatic carbocycles. The van der Waals surface area contributed by atoms with Crippen LogP contribution in [0.3, 0.4) is 0 Å². The summed E-state index contributed by atoms with van der Waals surface area (Å²) in [6, 6.07) is 17.5. The number of nitrogens with two attached hydrogens (primary N) is 1. The van der Waals surface area contributed by atoms with Crippen molar-refractivity contribution in [2.45, 2.75) is 25.8 Å². The quantitative estimate of drug-likeness (QED) is 0.815. The Hall–Kier alpha value is -1.80. The summed E-state index contributed by atoms with van der Waals surface area (Å²) in [5, 5.41) is 1.93. The molecule has 0 aromatic heterocycles. The predicted molar refractivity (Wildman–Crippen MR) is 75.5 cm³/mol. The molecular formula is C16H18N2. The van der Waals surface area contributed by atoms with Gasteiger partial charge in [0.05, 0.1) is 11.7 Å². The van der Waals surface area contributed by atoms with Gasteiger partial charge in [0, 0.05) is 0 Å². The molecule has 1 unspecified atom stereocenters. The number of hydrogen-bond donors (Lipinski definition) is 1. The highest BCUT2D eigenvalue weighted by Gasteiger charge is 2.26. The van der Waals surface area contributed by atoms with E-state index in [1.807, 2.05) is 5.01 Å². The Bertz CT molecular complexity index is 548. The fourth-order valence-electron chi connectivity index (χ4n) is 2.74. The first-order valence-electron chi connectivity index (χ1n) is 6.41. The second-order valence-corrected chi connectivity index (χ2v) is 5.09. The van der Waals surface area contributed by atoms with Crippen LogP contribution in [0.1, 0.15) is 16.7 Å². The van der Waals surface area contributed by atoms with Crippen LogP contribution in [-0.4, -0.2) is 6.04 Å². The second-order valence-electron chi connectivity index (χ2n) is 5.09. The van der Waals surface area contributed by atoms with Crippen molar-refractivity contribution in [2.75, 3.05) is 5.01 Å². The SMILES string of the molecule is Cc1ccc2c(c1)CC(Cc1ccccc1)N2N. The molecule has 2 N–H and O–H groups in total. The molecule has 0 saturated carbocycles. The molecule has 1 aliphatic rings. The maximum atomic E-state index is 6.22. The number of nitrogens with zero attached hydrogens (tertiary/aromatic N) is 1. The third-order valence-corrected chi connectivity index (χ3v) is 3.68. The molecular weight excluding hydrogens is 220 g/mol. The largest absolute Gasteiger partial charge is 0.307 e. The molecule has 0 spiro atoms. The molecule has 1 heterocycles. The van der Waals surface area contributed by atoms with Crippen molar-refractivity contribution in [3.63, 3.8) is 0 Å². The third-order valence-electron chi connectivity index (χ3n) is 3.68. The van der Waals surface area contributed by atoms with Crippen molar-refractivity contribution < 1.29 is 0 Å². The number of rotatable bonds is 2. The van der Waals surface area contributed by atoms with Crippen LogP contribution >= 0.6 is 0 Å². The van der Waals surface area contributed by atoms with Gasteiger partial charge in [-0.1, -0.05) is 48.0 Å². The van der Waals surface area contributed by atoms with Crippen LogP contribution in [0.25, 0.3) is 0 Å². The van der Waals surface area contributed by atoms with Crippen molar-refractivity contribution in [1.29, 1.82) is 0 Å². The van der Waals surface area contributed by atoms with Crippen molar-refractivity contribution in [1.82, 2.24) is 0 Å². The molecule has 0 fully saturated rings. The normalized spacial score (nSPS) is 17.9. The van der Waals surface area contributed by atoms with E-state index in [9.17, 15) is 0 Å². The number of fused-ring (bicyclic) bond motifs is 1. The molecule has 92 valence electrons. The topological polar surface area (TPSA) is 29.3 Å². The van der Waals surface area contributed by atoms with Crippen LogP contribution in [-0.2, 0) is 12.8 Å². The van der Waals surface area contributed by atoms with Gasteiger partial charge in [0.15, 0.2) is 0 Å². The van der Waals surface area contributed by atoms with Crippen LogP contribution in [0.5, 0.6) is 0 Å². The van der Waals surface area contributed by atoms with E-state index in [0.29, 0.717) is 6.04 Å². The van der Waals surface area contributed by atoms with Gasteiger partial charge in [-0.25, -0.2) is 5.84 Å². The first-order valence-corrected chi connectivity index (χ1v) is 6.41. The molecule has 1 atom stereocenters. The van der Waals surface area contributed by atoms with E-state index in [0.717, 1.165) is 12.8 Å². The molecule has 0 saturated heterocycles. The Morgan fingerprint density at radius 2 is 1.94 bits per heavy atom. The van der Waals surface area contributed by atoms with Crippen molar-refractivity contribution >= 4 is 5.69 Å². The van der Waals surface area contributed by atoms with E-state index < -0.39 is 0 Å². The average Bonchev–Trinajstić information content (AvgIpc) is 2.67. The fraction of sp³-hybridized carbons (Fsp3) is 0.250. The van der Waals surface area contributed by atoms with E-state index >= 15 is 0 Å². The smallest absolute Gasteiger partial charge is 0.0553 e. The van der Waals surface area contributed by atoms with E-state index in [2.05, 4.69) is 55.5 Å². The van der Waals surface area contributed by atoms with Gasteiger partial charge in [-0.3, -0.25) is 0 Å². The average molecular weight is 238 g/mol. The van der Waals surface area contributed by atoms with Gasteiger partial charge in [-0.15, -0.1) is 0 Å². The summed E-state index contributed by atoms with van der Waals surface area (Å²) in [5.41, 5.74) is 5.21. The summed E-state index contributed by atoms with van der Waals surface area (Å²) < 4.78 is 0. The van der Waals surface area contributed by atoms with Gasteiger partial charge < -0.3 is 5.01 Å². The summed E-state index contributed by atoms with van der Waals surface area (Å²) in [6.07, 6.45) is 2.05. The lowest BCUT2D eigenvalue weighted by molar-refractivity contribution is 0.634. The molecule has 2 aromatic rings. The van der Waals surface area contributed by atoms with E-state index in [1.165, 1.54) is 22.4 Å².